The summed E-state index contributed by atoms with van der Waals surface area (Å²) < 4.78 is 4.76. The predicted molar refractivity (Wildman–Crippen MR) is 32.2 cm³/mol. The highest BCUT2D eigenvalue weighted by Crippen LogP contribution is 2.09. The van der Waals surface area contributed by atoms with Gasteiger partial charge in [0.2, 0.25) is 6.04 Å². The van der Waals surface area contributed by atoms with Crippen LogP contribution in [-0.2, 0) is 4.74 Å². The monoisotopic (exact) mass is 147 g/mol. The molecule has 0 spiro atoms. The molecule has 0 aromatic carbocycles. The first-order valence-corrected chi connectivity index (χ1v) is 3.09. The van der Waals surface area contributed by atoms with Gasteiger partial charge in [-0.15, -0.1) is 0 Å². The first-order chi connectivity index (χ1) is 4.70. The highest BCUT2D eigenvalue weighted by Gasteiger charge is 2.28. The molecule has 0 radical (unpaired) electrons. The first kappa shape index (κ1) is 7.43. The van der Waals surface area contributed by atoms with Crippen molar-refractivity contribution in [1.29, 1.82) is 0 Å². The molecule has 1 rings (SSSR count). The second-order valence-electron chi connectivity index (χ2n) is 2.37. The lowest BCUT2D eigenvalue weighted by Crippen LogP contribution is -2.37. The maximum Gasteiger partial charge on any atom is 0.238 e. The zero-order valence-corrected chi connectivity index (χ0v) is 5.40. The number of rotatable bonds is 1. The molecule has 1 heterocycles. The van der Waals surface area contributed by atoms with Crippen molar-refractivity contribution in [3.63, 3.8) is 0 Å². The van der Waals surface area contributed by atoms with E-state index in [-0.39, 0.29) is 19.6 Å². The summed E-state index contributed by atoms with van der Waals surface area (Å²) in [6.07, 6.45) is -0.448. The highest BCUT2D eigenvalue weighted by molar-refractivity contribution is 4.68. The number of aliphatic hydroxyl groups is 1. The molecule has 1 N–H and O–H groups in total. The van der Waals surface area contributed by atoms with Gasteiger partial charge in [-0.05, 0) is 0 Å². The summed E-state index contributed by atoms with van der Waals surface area (Å²) in [5, 5.41) is 19.0. The van der Waals surface area contributed by atoms with Crippen molar-refractivity contribution in [2.75, 3.05) is 13.2 Å². The van der Waals surface area contributed by atoms with E-state index in [1.54, 1.807) is 0 Å². The molecule has 1 aliphatic rings. The van der Waals surface area contributed by atoms with Gasteiger partial charge in [-0.1, -0.05) is 0 Å². The van der Waals surface area contributed by atoms with Crippen molar-refractivity contribution in [1.82, 2.24) is 0 Å². The normalized spacial score (nSPS) is 33.7. The fourth-order valence-electron chi connectivity index (χ4n) is 0.937. The molecule has 5 nitrogen and oxygen atoms in total. The van der Waals surface area contributed by atoms with Crippen LogP contribution >= 0.6 is 0 Å². The molecule has 0 aromatic rings. The molecule has 58 valence electrons. The van der Waals surface area contributed by atoms with Gasteiger partial charge in [0.25, 0.3) is 0 Å². The Kier molecular flexibility index (Phi) is 2.18. The van der Waals surface area contributed by atoms with Gasteiger partial charge < -0.3 is 9.84 Å². The van der Waals surface area contributed by atoms with Crippen LogP contribution < -0.4 is 0 Å². The molecule has 0 aromatic heterocycles. The molecular formula is C5H9NO4. The zero-order chi connectivity index (χ0) is 7.56. The quantitative estimate of drug-likeness (QED) is 0.397. The third kappa shape index (κ3) is 1.65. The van der Waals surface area contributed by atoms with Crippen LogP contribution in [0.3, 0.4) is 0 Å². The van der Waals surface area contributed by atoms with Crippen LogP contribution in [0.2, 0.25) is 0 Å². The average Bonchev–Trinajstić information content (AvgIpc) is 1.88. The summed E-state index contributed by atoms with van der Waals surface area (Å²) >= 11 is 0. The van der Waals surface area contributed by atoms with E-state index >= 15 is 0 Å². The Morgan fingerprint density at radius 1 is 1.60 bits per heavy atom. The van der Waals surface area contributed by atoms with Crippen LogP contribution in [0.1, 0.15) is 6.42 Å². The van der Waals surface area contributed by atoms with E-state index in [4.69, 9.17) is 9.84 Å². The maximum absolute atomic E-state index is 10.1. The second kappa shape index (κ2) is 2.94. The molecule has 1 aliphatic heterocycles. The Morgan fingerprint density at radius 3 is 2.70 bits per heavy atom. The fourth-order valence-corrected chi connectivity index (χ4v) is 0.937. The first-order valence-electron chi connectivity index (χ1n) is 3.09. The number of aliphatic hydroxyl groups excluding tert-OH is 1. The van der Waals surface area contributed by atoms with Crippen LogP contribution in [0.5, 0.6) is 0 Å². The number of hydrogen-bond donors (Lipinski definition) is 1. The number of nitro groups is 1. The molecule has 0 bridgehead atoms. The molecule has 0 aliphatic carbocycles. The Balaban J connectivity index is 2.39. The minimum absolute atomic E-state index is 0.129. The lowest BCUT2D eigenvalue weighted by Gasteiger charge is -2.19. The highest BCUT2D eigenvalue weighted by atomic mass is 16.6. The molecule has 1 saturated heterocycles. The maximum atomic E-state index is 10.1. The second-order valence-corrected chi connectivity index (χ2v) is 2.37. The summed E-state index contributed by atoms with van der Waals surface area (Å²) in [7, 11) is 0. The lowest BCUT2D eigenvalue weighted by molar-refractivity contribution is -0.533. The van der Waals surface area contributed by atoms with E-state index in [0.29, 0.717) is 0 Å². The van der Waals surface area contributed by atoms with Crippen molar-refractivity contribution < 1.29 is 14.8 Å². The molecule has 1 fully saturated rings. The van der Waals surface area contributed by atoms with Crippen LogP contribution in [0.4, 0.5) is 0 Å². The number of ether oxygens (including phenoxy) is 1. The van der Waals surface area contributed by atoms with Gasteiger partial charge in [-0.2, -0.15) is 0 Å². The molecular weight excluding hydrogens is 138 g/mol. The van der Waals surface area contributed by atoms with E-state index in [0.717, 1.165) is 0 Å². The van der Waals surface area contributed by atoms with Gasteiger partial charge >= 0.3 is 0 Å². The fraction of sp³-hybridized carbons (Fsp3) is 1.00. The summed E-state index contributed by atoms with van der Waals surface area (Å²) in [4.78, 5) is 9.70. The van der Waals surface area contributed by atoms with E-state index < -0.39 is 17.1 Å². The standard InChI is InChI=1S/C5H9NO4/c7-5-1-4(6(8)9)2-10-3-5/h4-5,7H,1-3H2/t4-,5+/m1/s1. The molecule has 0 amide bonds. The van der Waals surface area contributed by atoms with Crippen LogP contribution in [-0.4, -0.2) is 35.4 Å². The zero-order valence-electron chi connectivity index (χ0n) is 5.40. The Morgan fingerprint density at radius 2 is 2.30 bits per heavy atom. The van der Waals surface area contributed by atoms with Gasteiger partial charge in [0.15, 0.2) is 0 Å². The molecule has 10 heavy (non-hydrogen) atoms. The third-order valence-corrected chi connectivity index (χ3v) is 1.46. The predicted octanol–water partition coefficient (Wildman–Crippen LogP) is -0.587. The van der Waals surface area contributed by atoms with E-state index in [1.165, 1.54) is 0 Å². The molecule has 2 atom stereocenters. The Labute approximate surface area is 57.8 Å². The van der Waals surface area contributed by atoms with Crippen LogP contribution in [0.25, 0.3) is 0 Å². The van der Waals surface area contributed by atoms with E-state index in [9.17, 15) is 10.1 Å². The van der Waals surface area contributed by atoms with Crippen LogP contribution in [0.15, 0.2) is 0 Å². The van der Waals surface area contributed by atoms with Crippen molar-refractivity contribution >= 4 is 0 Å². The van der Waals surface area contributed by atoms with Crippen molar-refractivity contribution in [3.05, 3.63) is 10.1 Å². The Hall–Kier alpha value is -0.680. The minimum atomic E-state index is -0.719. The van der Waals surface area contributed by atoms with Gasteiger partial charge in [0.1, 0.15) is 6.61 Å². The van der Waals surface area contributed by atoms with Gasteiger partial charge in [0, 0.05) is 11.3 Å². The Bertz CT molecular complexity index is 138. The van der Waals surface area contributed by atoms with Gasteiger partial charge in [-0.25, -0.2) is 0 Å². The van der Waals surface area contributed by atoms with Gasteiger partial charge in [0.05, 0.1) is 12.7 Å². The molecule has 5 heteroatoms. The summed E-state index contributed by atoms with van der Waals surface area (Å²) in [6.45, 7) is 0.356. The van der Waals surface area contributed by atoms with Crippen LogP contribution in [0, 0.1) is 10.1 Å². The number of hydrogen-bond acceptors (Lipinski definition) is 4. The van der Waals surface area contributed by atoms with Crippen molar-refractivity contribution in [3.8, 4) is 0 Å². The SMILES string of the molecule is O=[N+]([O-])[C@H]1COC[C@@H](O)C1. The van der Waals surface area contributed by atoms with Crippen molar-refractivity contribution in [2.24, 2.45) is 0 Å². The van der Waals surface area contributed by atoms with Crippen molar-refractivity contribution in [2.45, 2.75) is 18.6 Å². The minimum Gasteiger partial charge on any atom is -0.390 e. The molecule has 0 saturated carbocycles. The summed E-state index contributed by atoms with van der Waals surface area (Å²) in [5.74, 6) is 0. The third-order valence-electron chi connectivity index (χ3n) is 1.46. The molecule has 0 unspecified atom stereocenters. The van der Waals surface area contributed by atoms with E-state index in [1.807, 2.05) is 0 Å². The van der Waals surface area contributed by atoms with Gasteiger partial charge in [-0.3, -0.25) is 10.1 Å². The number of nitrogens with zero attached hydrogens (tertiary/aromatic N) is 1. The summed E-state index contributed by atoms with van der Waals surface area (Å²) in [6, 6.07) is -0.719. The summed E-state index contributed by atoms with van der Waals surface area (Å²) in [5.41, 5.74) is 0. The largest absolute Gasteiger partial charge is 0.390 e. The lowest BCUT2D eigenvalue weighted by atomic mass is 10.1. The van der Waals surface area contributed by atoms with E-state index in [2.05, 4.69) is 0 Å². The average molecular weight is 147 g/mol. The smallest absolute Gasteiger partial charge is 0.238 e. The topological polar surface area (TPSA) is 72.6 Å².